The van der Waals surface area contributed by atoms with Crippen LogP contribution in [0.1, 0.15) is 17.5 Å². The van der Waals surface area contributed by atoms with Crippen molar-refractivity contribution in [3.63, 3.8) is 0 Å². The van der Waals surface area contributed by atoms with Crippen molar-refractivity contribution in [3.8, 4) is 0 Å². The number of fused-ring (bicyclic) bond motifs is 1. The lowest BCUT2D eigenvalue weighted by atomic mass is 9.96. The van der Waals surface area contributed by atoms with E-state index in [2.05, 4.69) is 0 Å². The average molecular weight is 198 g/mol. The second-order valence-corrected chi connectivity index (χ2v) is 3.97. The van der Waals surface area contributed by atoms with Crippen molar-refractivity contribution in [3.05, 3.63) is 34.3 Å². The van der Waals surface area contributed by atoms with Gasteiger partial charge >= 0.3 is 0 Å². The minimum atomic E-state index is -0.847. The minimum absolute atomic E-state index is 0.264. The van der Waals surface area contributed by atoms with Crippen LogP contribution in [0.5, 0.6) is 0 Å². The van der Waals surface area contributed by atoms with E-state index in [0.717, 1.165) is 17.5 Å². The fourth-order valence-corrected chi connectivity index (χ4v) is 2.06. The summed E-state index contributed by atoms with van der Waals surface area (Å²) in [5, 5.41) is 10.8. The van der Waals surface area contributed by atoms with Gasteiger partial charge in [0.1, 0.15) is 5.60 Å². The van der Waals surface area contributed by atoms with Crippen molar-refractivity contribution in [2.45, 2.75) is 18.4 Å². The highest BCUT2D eigenvalue weighted by molar-refractivity contribution is 6.30. The molecule has 3 heteroatoms. The molecular formula is C10H12ClNO. The summed E-state index contributed by atoms with van der Waals surface area (Å²) in [7, 11) is 0. The zero-order valence-electron chi connectivity index (χ0n) is 7.26. The number of nitrogens with two attached hydrogens (primary N) is 1. The smallest absolute Gasteiger partial charge is 0.102 e. The summed E-state index contributed by atoms with van der Waals surface area (Å²) in [5.74, 6) is 0. The summed E-state index contributed by atoms with van der Waals surface area (Å²) >= 11 is 5.86. The van der Waals surface area contributed by atoms with Crippen LogP contribution in [0.25, 0.3) is 0 Å². The van der Waals surface area contributed by atoms with Crippen LogP contribution >= 0.6 is 11.6 Å². The summed E-state index contributed by atoms with van der Waals surface area (Å²) < 4.78 is 0. The third-order valence-electron chi connectivity index (χ3n) is 2.72. The normalized spacial score (nSPS) is 26.1. The van der Waals surface area contributed by atoms with Crippen LogP contribution in [0.4, 0.5) is 0 Å². The minimum Gasteiger partial charge on any atom is -0.384 e. The van der Waals surface area contributed by atoms with Gasteiger partial charge in [-0.05, 0) is 36.1 Å². The first-order valence-corrected chi connectivity index (χ1v) is 4.75. The molecule has 0 saturated carbocycles. The van der Waals surface area contributed by atoms with Gasteiger partial charge in [-0.15, -0.1) is 0 Å². The summed E-state index contributed by atoms with van der Waals surface area (Å²) in [6, 6.07) is 5.63. The molecular weight excluding hydrogens is 186 g/mol. The van der Waals surface area contributed by atoms with E-state index in [1.54, 1.807) is 0 Å². The van der Waals surface area contributed by atoms with Crippen molar-refractivity contribution in [2.75, 3.05) is 6.54 Å². The number of benzene rings is 1. The molecule has 0 amide bonds. The highest BCUT2D eigenvalue weighted by atomic mass is 35.5. The number of aryl methyl sites for hydroxylation is 1. The predicted octanol–water partition coefficient (Wildman–Crippen LogP) is 1.43. The first-order valence-electron chi connectivity index (χ1n) is 4.37. The molecule has 0 fully saturated rings. The lowest BCUT2D eigenvalue weighted by molar-refractivity contribution is 0.0481. The van der Waals surface area contributed by atoms with E-state index in [-0.39, 0.29) is 6.54 Å². The molecule has 1 aliphatic carbocycles. The third kappa shape index (κ3) is 1.35. The molecule has 1 aromatic carbocycles. The van der Waals surface area contributed by atoms with E-state index < -0.39 is 5.60 Å². The molecule has 70 valence electrons. The quantitative estimate of drug-likeness (QED) is 0.716. The van der Waals surface area contributed by atoms with Crippen LogP contribution in [-0.4, -0.2) is 11.7 Å². The molecule has 0 aromatic heterocycles. The second-order valence-electron chi connectivity index (χ2n) is 3.54. The Morgan fingerprint density at radius 2 is 2.31 bits per heavy atom. The molecule has 2 nitrogen and oxygen atoms in total. The van der Waals surface area contributed by atoms with E-state index in [4.69, 9.17) is 17.3 Å². The molecule has 1 aromatic rings. The van der Waals surface area contributed by atoms with Crippen molar-refractivity contribution >= 4 is 11.6 Å². The van der Waals surface area contributed by atoms with Gasteiger partial charge in [0.25, 0.3) is 0 Å². The standard InChI is InChI=1S/C10H12ClNO/c11-8-2-1-7-3-4-10(13,6-12)9(7)5-8/h1-2,5,13H,3-4,6,12H2/t10-/m0/s1. The molecule has 1 atom stereocenters. The number of hydrogen-bond acceptors (Lipinski definition) is 2. The molecule has 0 radical (unpaired) electrons. The molecule has 0 spiro atoms. The van der Waals surface area contributed by atoms with Crippen LogP contribution in [0.2, 0.25) is 5.02 Å². The molecule has 0 unspecified atom stereocenters. The molecule has 0 heterocycles. The Kier molecular flexibility index (Phi) is 2.06. The Labute approximate surface area is 82.3 Å². The molecule has 13 heavy (non-hydrogen) atoms. The zero-order chi connectivity index (χ0) is 9.47. The van der Waals surface area contributed by atoms with Crippen molar-refractivity contribution in [1.29, 1.82) is 0 Å². The maximum Gasteiger partial charge on any atom is 0.102 e. The Bertz CT molecular complexity index is 340. The van der Waals surface area contributed by atoms with Crippen LogP contribution in [0.3, 0.4) is 0 Å². The predicted molar refractivity (Wildman–Crippen MR) is 52.7 cm³/mol. The van der Waals surface area contributed by atoms with Crippen molar-refractivity contribution in [2.24, 2.45) is 5.73 Å². The van der Waals surface area contributed by atoms with Gasteiger partial charge in [0, 0.05) is 11.6 Å². The number of rotatable bonds is 1. The zero-order valence-corrected chi connectivity index (χ0v) is 8.01. The Morgan fingerprint density at radius 1 is 1.54 bits per heavy atom. The van der Waals surface area contributed by atoms with E-state index in [0.29, 0.717) is 11.4 Å². The second kappa shape index (κ2) is 2.98. The topological polar surface area (TPSA) is 46.2 Å². The number of hydrogen-bond donors (Lipinski definition) is 2. The van der Waals surface area contributed by atoms with Gasteiger partial charge in [0.15, 0.2) is 0 Å². The molecule has 1 aliphatic rings. The highest BCUT2D eigenvalue weighted by Crippen LogP contribution is 2.37. The monoisotopic (exact) mass is 197 g/mol. The fraction of sp³-hybridized carbons (Fsp3) is 0.400. The summed E-state index contributed by atoms with van der Waals surface area (Å²) in [4.78, 5) is 0. The molecule has 0 bridgehead atoms. The fourth-order valence-electron chi connectivity index (χ4n) is 1.89. The van der Waals surface area contributed by atoms with Crippen LogP contribution in [0, 0.1) is 0 Å². The largest absolute Gasteiger partial charge is 0.384 e. The Hall–Kier alpha value is -0.570. The van der Waals surface area contributed by atoms with Crippen molar-refractivity contribution in [1.82, 2.24) is 0 Å². The average Bonchev–Trinajstić information content (AvgIpc) is 2.45. The lowest BCUT2D eigenvalue weighted by Gasteiger charge is -2.21. The molecule has 0 saturated heterocycles. The van der Waals surface area contributed by atoms with E-state index in [1.165, 1.54) is 0 Å². The Morgan fingerprint density at radius 3 is 3.00 bits per heavy atom. The summed E-state index contributed by atoms with van der Waals surface area (Å²) in [5.41, 5.74) is 6.76. The first kappa shape index (κ1) is 9.00. The third-order valence-corrected chi connectivity index (χ3v) is 2.95. The lowest BCUT2D eigenvalue weighted by Crippen LogP contribution is -2.32. The summed E-state index contributed by atoms with van der Waals surface area (Å²) in [6.07, 6.45) is 1.60. The maximum absolute atomic E-state index is 10.1. The van der Waals surface area contributed by atoms with E-state index in [9.17, 15) is 5.11 Å². The highest BCUT2D eigenvalue weighted by Gasteiger charge is 2.35. The van der Waals surface area contributed by atoms with Gasteiger partial charge in [-0.2, -0.15) is 0 Å². The van der Waals surface area contributed by atoms with Crippen LogP contribution < -0.4 is 5.73 Å². The van der Waals surface area contributed by atoms with Gasteiger partial charge in [0.05, 0.1) is 0 Å². The van der Waals surface area contributed by atoms with Gasteiger partial charge in [-0.1, -0.05) is 17.7 Å². The van der Waals surface area contributed by atoms with Gasteiger partial charge < -0.3 is 10.8 Å². The van der Waals surface area contributed by atoms with Gasteiger partial charge in [0.2, 0.25) is 0 Å². The first-order chi connectivity index (χ1) is 6.15. The maximum atomic E-state index is 10.1. The van der Waals surface area contributed by atoms with Crippen LogP contribution in [-0.2, 0) is 12.0 Å². The number of halogens is 1. The van der Waals surface area contributed by atoms with E-state index >= 15 is 0 Å². The molecule has 3 N–H and O–H groups in total. The van der Waals surface area contributed by atoms with E-state index in [1.807, 2.05) is 18.2 Å². The van der Waals surface area contributed by atoms with Gasteiger partial charge in [-0.25, -0.2) is 0 Å². The summed E-state index contributed by atoms with van der Waals surface area (Å²) in [6.45, 7) is 0.264. The molecule has 2 rings (SSSR count). The Balaban J connectivity index is 2.52. The van der Waals surface area contributed by atoms with Crippen LogP contribution in [0.15, 0.2) is 18.2 Å². The molecule has 0 aliphatic heterocycles. The van der Waals surface area contributed by atoms with Gasteiger partial charge in [-0.3, -0.25) is 0 Å². The SMILES string of the molecule is NC[C@@]1(O)CCc2ccc(Cl)cc21. The van der Waals surface area contributed by atoms with Crippen molar-refractivity contribution < 1.29 is 5.11 Å². The number of aliphatic hydroxyl groups is 1.